The van der Waals surface area contributed by atoms with Crippen molar-refractivity contribution in [2.24, 2.45) is 0 Å². The van der Waals surface area contributed by atoms with E-state index in [2.05, 4.69) is 289 Å². The first-order valence-corrected chi connectivity index (χ1v) is 22.6. The van der Waals surface area contributed by atoms with Gasteiger partial charge in [-0.3, -0.25) is 0 Å². The van der Waals surface area contributed by atoms with Crippen LogP contribution in [0.1, 0.15) is 0 Å². The van der Waals surface area contributed by atoms with Crippen LogP contribution < -0.4 is 9.80 Å². The SMILES string of the molecule is c1ccc(-c2ccc(N(c3ccc(-c4ccc(N(c5ccccc5)c5ccc(-c6ccccc6)c6ccccc56)cc4)cc3)c3cc(-c4ccccc4)cc(-c4ccccc4)c3)cc2)cc1. The Balaban J connectivity index is 0.975. The number of fused-ring (bicyclic) bond motifs is 1. The van der Waals surface area contributed by atoms with Crippen molar-refractivity contribution in [3.63, 3.8) is 0 Å². The summed E-state index contributed by atoms with van der Waals surface area (Å²) >= 11 is 0. The normalized spacial score (nSPS) is 11.0. The van der Waals surface area contributed by atoms with Gasteiger partial charge in [0.2, 0.25) is 0 Å². The molecule has 11 aromatic carbocycles. The summed E-state index contributed by atoms with van der Waals surface area (Å²) in [5.41, 5.74) is 18.4. The molecule has 2 heteroatoms. The smallest absolute Gasteiger partial charge is 0.0540 e. The molecule has 0 saturated heterocycles. The Bertz CT molecular complexity index is 3290. The molecular weight excluding hydrogens is 797 g/mol. The molecule has 0 radical (unpaired) electrons. The minimum Gasteiger partial charge on any atom is -0.310 e. The van der Waals surface area contributed by atoms with Crippen LogP contribution in [-0.2, 0) is 0 Å². The van der Waals surface area contributed by atoms with E-state index < -0.39 is 0 Å². The zero-order valence-corrected chi connectivity index (χ0v) is 36.5. The standard InChI is InChI=1S/C64H46N2/c1-6-18-47(19-7-1)50-30-36-57(37-31-50)65(60-45-54(48-20-8-2-9-21-48)44-55(46-60)49-22-10-3-11-23-49)58-38-32-51(33-39-58)52-34-40-59(41-35-52)66(56-26-14-5-15-27-56)64-43-42-61(53-24-12-4-13-25-53)62-28-16-17-29-63(62)64/h1-46H. The number of hydrogen-bond donors (Lipinski definition) is 0. The van der Waals surface area contributed by atoms with Gasteiger partial charge in [0, 0.05) is 33.8 Å². The van der Waals surface area contributed by atoms with E-state index in [1.54, 1.807) is 0 Å². The Morgan fingerprint density at radius 2 is 0.515 bits per heavy atom. The van der Waals surface area contributed by atoms with E-state index in [9.17, 15) is 0 Å². The van der Waals surface area contributed by atoms with E-state index in [1.807, 2.05) is 0 Å². The van der Waals surface area contributed by atoms with Crippen molar-refractivity contribution in [3.05, 3.63) is 279 Å². The Hall–Kier alpha value is -8.72. The van der Waals surface area contributed by atoms with E-state index in [1.165, 1.54) is 55.3 Å². The number of anilines is 6. The van der Waals surface area contributed by atoms with E-state index >= 15 is 0 Å². The second-order valence-electron chi connectivity index (χ2n) is 16.6. The molecule has 0 amide bonds. The maximum atomic E-state index is 2.38. The van der Waals surface area contributed by atoms with Gasteiger partial charge >= 0.3 is 0 Å². The van der Waals surface area contributed by atoms with Crippen molar-refractivity contribution < 1.29 is 0 Å². The Morgan fingerprint density at radius 3 is 0.970 bits per heavy atom. The van der Waals surface area contributed by atoms with Crippen molar-refractivity contribution >= 4 is 44.9 Å². The summed E-state index contributed by atoms with van der Waals surface area (Å²) in [4.78, 5) is 4.75. The van der Waals surface area contributed by atoms with Crippen molar-refractivity contribution in [2.75, 3.05) is 9.80 Å². The van der Waals surface area contributed by atoms with Gasteiger partial charge in [-0.2, -0.15) is 0 Å². The lowest BCUT2D eigenvalue weighted by Gasteiger charge is -2.28. The number of hydrogen-bond acceptors (Lipinski definition) is 2. The summed E-state index contributed by atoms with van der Waals surface area (Å²) in [6, 6.07) is 100. The third kappa shape index (κ3) is 8.16. The fourth-order valence-corrected chi connectivity index (χ4v) is 9.17. The maximum absolute atomic E-state index is 2.38. The predicted octanol–water partition coefficient (Wildman–Crippen LogP) is 18.1. The van der Waals surface area contributed by atoms with Gasteiger partial charge in [0.15, 0.2) is 0 Å². The van der Waals surface area contributed by atoms with Crippen molar-refractivity contribution in [1.29, 1.82) is 0 Å². The molecule has 0 fully saturated rings. The molecule has 0 N–H and O–H groups in total. The second kappa shape index (κ2) is 18.2. The second-order valence-corrected chi connectivity index (χ2v) is 16.6. The highest BCUT2D eigenvalue weighted by atomic mass is 15.1. The Kier molecular flexibility index (Phi) is 11.0. The molecule has 11 rings (SSSR count). The molecule has 2 nitrogen and oxygen atoms in total. The molecular formula is C64H46N2. The third-order valence-corrected chi connectivity index (χ3v) is 12.4. The first-order chi connectivity index (χ1) is 32.7. The highest BCUT2D eigenvalue weighted by Gasteiger charge is 2.19. The van der Waals surface area contributed by atoms with Gasteiger partial charge in [-0.15, -0.1) is 0 Å². The molecule has 0 heterocycles. The monoisotopic (exact) mass is 842 g/mol. The zero-order valence-electron chi connectivity index (χ0n) is 36.5. The van der Waals surface area contributed by atoms with Gasteiger partial charge < -0.3 is 9.80 Å². The van der Waals surface area contributed by atoms with Crippen LogP contribution in [0, 0.1) is 0 Å². The highest BCUT2D eigenvalue weighted by molar-refractivity contribution is 6.06. The first-order valence-electron chi connectivity index (χ1n) is 22.6. The van der Waals surface area contributed by atoms with E-state index in [4.69, 9.17) is 0 Å². The Labute approximate surface area is 387 Å². The van der Waals surface area contributed by atoms with Crippen LogP contribution in [0.15, 0.2) is 279 Å². The van der Waals surface area contributed by atoms with Gasteiger partial charge in [0.25, 0.3) is 0 Å². The number of rotatable bonds is 11. The van der Waals surface area contributed by atoms with E-state index in [0.717, 1.165) is 45.3 Å². The largest absolute Gasteiger partial charge is 0.310 e. The van der Waals surface area contributed by atoms with Crippen LogP contribution in [0.4, 0.5) is 34.1 Å². The topological polar surface area (TPSA) is 6.48 Å². The molecule has 66 heavy (non-hydrogen) atoms. The minimum atomic E-state index is 1.08. The van der Waals surface area contributed by atoms with Crippen molar-refractivity contribution in [2.45, 2.75) is 0 Å². The molecule has 0 aliphatic carbocycles. The summed E-state index contributed by atoms with van der Waals surface area (Å²) in [7, 11) is 0. The van der Waals surface area contributed by atoms with Crippen LogP contribution >= 0.6 is 0 Å². The van der Waals surface area contributed by atoms with Crippen LogP contribution in [-0.4, -0.2) is 0 Å². The van der Waals surface area contributed by atoms with Crippen molar-refractivity contribution in [3.8, 4) is 55.6 Å². The summed E-state index contributed by atoms with van der Waals surface area (Å²) in [5, 5.41) is 2.43. The molecule has 0 bridgehead atoms. The van der Waals surface area contributed by atoms with Crippen LogP contribution in [0.25, 0.3) is 66.4 Å². The Morgan fingerprint density at radius 1 is 0.182 bits per heavy atom. The predicted molar refractivity (Wildman–Crippen MR) is 280 cm³/mol. The average molecular weight is 843 g/mol. The number of nitrogens with zero attached hydrogens (tertiary/aromatic N) is 2. The number of benzene rings is 11. The highest BCUT2D eigenvalue weighted by Crippen LogP contribution is 2.44. The van der Waals surface area contributed by atoms with Gasteiger partial charge in [-0.1, -0.05) is 206 Å². The number of para-hydroxylation sites is 1. The average Bonchev–Trinajstić information content (AvgIpc) is 3.41. The van der Waals surface area contributed by atoms with Crippen molar-refractivity contribution in [1.82, 2.24) is 0 Å². The molecule has 0 atom stereocenters. The lowest BCUT2D eigenvalue weighted by Crippen LogP contribution is -2.10. The fraction of sp³-hybridized carbons (Fsp3) is 0. The third-order valence-electron chi connectivity index (χ3n) is 12.4. The van der Waals surface area contributed by atoms with Gasteiger partial charge in [-0.25, -0.2) is 0 Å². The van der Waals surface area contributed by atoms with Crippen LogP contribution in [0.2, 0.25) is 0 Å². The minimum absolute atomic E-state index is 1.08. The summed E-state index contributed by atoms with van der Waals surface area (Å²) in [5.74, 6) is 0. The first kappa shape index (κ1) is 40.1. The van der Waals surface area contributed by atoms with E-state index in [-0.39, 0.29) is 0 Å². The molecule has 0 saturated carbocycles. The summed E-state index contributed by atoms with van der Waals surface area (Å²) in [6.45, 7) is 0. The molecule has 0 aliphatic heterocycles. The molecule has 0 aliphatic rings. The molecule has 312 valence electrons. The van der Waals surface area contributed by atoms with Crippen LogP contribution in [0.3, 0.4) is 0 Å². The van der Waals surface area contributed by atoms with E-state index in [0.29, 0.717) is 0 Å². The quantitative estimate of drug-likeness (QED) is 0.128. The van der Waals surface area contributed by atoms with Crippen LogP contribution in [0.5, 0.6) is 0 Å². The zero-order chi connectivity index (χ0) is 44.1. The lowest BCUT2D eigenvalue weighted by atomic mass is 9.96. The lowest BCUT2D eigenvalue weighted by molar-refractivity contribution is 1.28. The summed E-state index contributed by atoms with van der Waals surface area (Å²) in [6.07, 6.45) is 0. The molecule has 0 spiro atoms. The van der Waals surface area contributed by atoms with Gasteiger partial charge in [0.1, 0.15) is 0 Å². The fourth-order valence-electron chi connectivity index (χ4n) is 9.17. The molecule has 0 aromatic heterocycles. The maximum Gasteiger partial charge on any atom is 0.0540 e. The van der Waals surface area contributed by atoms with Gasteiger partial charge in [-0.05, 0) is 134 Å². The molecule has 11 aromatic rings. The molecule has 0 unspecified atom stereocenters. The van der Waals surface area contributed by atoms with Gasteiger partial charge in [0.05, 0.1) is 5.69 Å². The summed E-state index contributed by atoms with van der Waals surface area (Å²) < 4.78 is 0.